The van der Waals surface area contributed by atoms with Crippen LogP contribution < -0.4 is 10.5 Å². The van der Waals surface area contributed by atoms with E-state index in [2.05, 4.69) is 22.0 Å². The van der Waals surface area contributed by atoms with Crippen molar-refractivity contribution in [2.45, 2.75) is 25.2 Å². The van der Waals surface area contributed by atoms with Crippen molar-refractivity contribution in [3.63, 3.8) is 0 Å². The first-order valence-corrected chi connectivity index (χ1v) is 8.32. The zero-order valence-electron chi connectivity index (χ0n) is 14.0. The number of piperidine rings is 1. The molecule has 3 rings (SSSR count). The molecule has 24 heavy (non-hydrogen) atoms. The van der Waals surface area contributed by atoms with Gasteiger partial charge in [0.1, 0.15) is 12.4 Å². The van der Waals surface area contributed by atoms with Crippen LogP contribution in [0, 0.1) is 0 Å². The monoisotopic (exact) mass is 328 g/mol. The number of hydrogen-bond acceptors (Lipinski definition) is 4. The highest BCUT2D eigenvalue weighted by Crippen LogP contribution is 2.34. The average Bonchev–Trinajstić information content (AvgIpc) is 3.07. The second kappa shape index (κ2) is 7.05. The van der Waals surface area contributed by atoms with Crippen molar-refractivity contribution in [2.24, 2.45) is 5.73 Å². The minimum absolute atomic E-state index is 0.147. The molecule has 6 nitrogen and oxygen atoms in total. The molecule has 0 unspecified atom stereocenters. The molecule has 0 bridgehead atoms. The van der Waals surface area contributed by atoms with E-state index in [0.717, 1.165) is 43.9 Å². The molecular weight excluding hydrogens is 304 g/mol. The van der Waals surface area contributed by atoms with Crippen molar-refractivity contribution in [1.29, 1.82) is 0 Å². The van der Waals surface area contributed by atoms with Crippen LogP contribution >= 0.6 is 0 Å². The van der Waals surface area contributed by atoms with E-state index in [1.54, 1.807) is 0 Å². The van der Waals surface area contributed by atoms with Crippen molar-refractivity contribution in [3.8, 4) is 5.75 Å². The Bertz CT molecular complexity index is 685. The molecular formula is C18H24N4O2. The van der Waals surface area contributed by atoms with Crippen LogP contribution in [-0.2, 0) is 5.41 Å². The summed E-state index contributed by atoms with van der Waals surface area (Å²) in [4.78, 5) is 14.0. The summed E-state index contributed by atoms with van der Waals surface area (Å²) >= 11 is 0. The number of nitrogens with two attached hydrogens (primary N) is 1. The highest BCUT2D eigenvalue weighted by Gasteiger charge is 2.36. The second-order valence-corrected chi connectivity index (χ2v) is 6.62. The molecule has 1 atom stereocenters. The smallest absolute Gasteiger partial charge is 0.252 e. The van der Waals surface area contributed by atoms with Crippen LogP contribution in [0.15, 0.2) is 36.5 Å². The second-order valence-electron chi connectivity index (χ2n) is 6.62. The number of benzene rings is 1. The Hall–Kier alpha value is -2.34. The Labute approximate surface area is 142 Å². The molecule has 1 aliphatic heterocycles. The maximum Gasteiger partial charge on any atom is 0.252 e. The highest BCUT2D eigenvalue weighted by molar-refractivity contribution is 5.94. The molecule has 1 aliphatic rings. The third kappa shape index (κ3) is 3.59. The molecule has 0 aliphatic carbocycles. The largest absolute Gasteiger partial charge is 0.492 e. The Kier molecular flexibility index (Phi) is 4.85. The van der Waals surface area contributed by atoms with E-state index in [0.29, 0.717) is 12.2 Å². The van der Waals surface area contributed by atoms with Crippen molar-refractivity contribution >= 4 is 5.91 Å². The van der Waals surface area contributed by atoms with Gasteiger partial charge in [-0.1, -0.05) is 25.1 Å². The highest BCUT2D eigenvalue weighted by atomic mass is 16.5. The van der Waals surface area contributed by atoms with E-state index in [1.807, 2.05) is 30.3 Å². The fourth-order valence-electron chi connectivity index (χ4n) is 3.48. The summed E-state index contributed by atoms with van der Waals surface area (Å²) in [6.45, 7) is 5.55. The van der Waals surface area contributed by atoms with Gasteiger partial charge in [0.25, 0.3) is 5.91 Å². The van der Waals surface area contributed by atoms with Crippen molar-refractivity contribution in [3.05, 3.63) is 47.8 Å². The first-order chi connectivity index (χ1) is 11.6. The standard InChI is InChI=1S/C18H24N4O2/c1-18(16-15(17(19)23)12-20-21-16)8-5-9-22(13-18)10-11-24-14-6-3-2-4-7-14/h2-4,6-7,12H,5,8-11,13H2,1H3,(H2,19,23)(H,20,21)/t18-/m1/s1. The fraction of sp³-hybridized carbons (Fsp3) is 0.444. The number of carbonyl (C=O) groups excluding carboxylic acids is 1. The van der Waals surface area contributed by atoms with Gasteiger partial charge in [-0.25, -0.2) is 0 Å². The Morgan fingerprint density at radius 1 is 1.42 bits per heavy atom. The lowest BCUT2D eigenvalue weighted by molar-refractivity contribution is 0.0990. The number of primary amides is 1. The topological polar surface area (TPSA) is 84.2 Å². The molecule has 6 heteroatoms. The number of rotatable bonds is 6. The van der Waals surface area contributed by atoms with E-state index >= 15 is 0 Å². The number of para-hydroxylation sites is 1. The molecule has 2 heterocycles. The van der Waals surface area contributed by atoms with Crippen LogP contribution in [0.25, 0.3) is 0 Å². The first kappa shape index (κ1) is 16.5. The SMILES string of the molecule is C[C@@]1(c2[nH]ncc2C(N)=O)CCCN(CCOc2ccccc2)C1. The van der Waals surface area contributed by atoms with Crippen molar-refractivity contribution in [2.75, 3.05) is 26.2 Å². The van der Waals surface area contributed by atoms with Crippen LogP contribution in [0.2, 0.25) is 0 Å². The molecule has 0 spiro atoms. The van der Waals surface area contributed by atoms with Crippen LogP contribution in [0.3, 0.4) is 0 Å². The molecule has 128 valence electrons. The molecule has 1 aromatic heterocycles. The summed E-state index contributed by atoms with van der Waals surface area (Å²) in [5.74, 6) is 0.464. The number of nitrogens with zero attached hydrogens (tertiary/aromatic N) is 2. The zero-order chi connectivity index (χ0) is 17.0. The predicted molar refractivity (Wildman–Crippen MR) is 92.1 cm³/mol. The number of amides is 1. The van der Waals surface area contributed by atoms with Gasteiger partial charge in [0.05, 0.1) is 17.5 Å². The van der Waals surface area contributed by atoms with Crippen LogP contribution in [0.1, 0.15) is 35.8 Å². The maximum absolute atomic E-state index is 11.6. The number of carbonyl (C=O) groups is 1. The Morgan fingerprint density at radius 2 is 2.21 bits per heavy atom. The normalized spacial score (nSPS) is 21.5. The average molecular weight is 328 g/mol. The summed E-state index contributed by atoms with van der Waals surface area (Å²) < 4.78 is 5.79. The first-order valence-electron chi connectivity index (χ1n) is 8.32. The van der Waals surface area contributed by atoms with Crippen molar-refractivity contribution < 1.29 is 9.53 Å². The minimum Gasteiger partial charge on any atom is -0.492 e. The predicted octanol–water partition coefficient (Wildman–Crippen LogP) is 1.94. The third-order valence-corrected chi connectivity index (χ3v) is 4.70. The van der Waals surface area contributed by atoms with Crippen LogP contribution in [-0.4, -0.2) is 47.2 Å². The fourth-order valence-corrected chi connectivity index (χ4v) is 3.48. The molecule has 0 radical (unpaired) electrons. The van der Waals surface area contributed by atoms with Crippen LogP contribution in [0.4, 0.5) is 0 Å². The molecule has 3 N–H and O–H groups in total. The van der Waals surface area contributed by atoms with Gasteiger partial charge in [-0.2, -0.15) is 5.10 Å². The van der Waals surface area contributed by atoms with E-state index in [4.69, 9.17) is 10.5 Å². The number of hydrogen-bond donors (Lipinski definition) is 2. The summed E-state index contributed by atoms with van der Waals surface area (Å²) in [6, 6.07) is 9.84. The Morgan fingerprint density at radius 3 is 2.96 bits per heavy atom. The Balaban J connectivity index is 1.61. The van der Waals surface area contributed by atoms with Gasteiger partial charge >= 0.3 is 0 Å². The van der Waals surface area contributed by atoms with Crippen molar-refractivity contribution in [1.82, 2.24) is 15.1 Å². The molecule has 1 amide bonds. The maximum atomic E-state index is 11.6. The van der Waals surface area contributed by atoms with Gasteiger partial charge in [0, 0.05) is 18.5 Å². The molecule has 1 saturated heterocycles. The zero-order valence-corrected chi connectivity index (χ0v) is 14.0. The van der Waals surface area contributed by atoms with E-state index in [9.17, 15) is 4.79 Å². The van der Waals surface area contributed by atoms with E-state index in [1.165, 1.54) is 6.20 Å². The van der Waals surface area contributed by atoms with E-state index in [-0.39, 0.29) is 5.41 Å². The van der Waals surface area contributed by atoms with E-state index < -0.39 is 5.91 Å². The molecule has 0 saturated carbocycles. The lowest BCUT2D eigenvalue weighted by Crippen LogP contribution is -2.46. The quantitative estimate of drug-likeness (QED) is 0.849. The molecule has 1 aromatic carbocycles. The minimum atomic E-state index is -0.426. The van der Waals surface area contributed by atoms with Crippen LogP contribution in [0.5, 0.6) is 5.75 Å². The number of likely N-dealkylation sites (tertiary alicyclic amines) is 1. The van der Waals surface area contributed by atoms with Gasteiger partial charge in [0.2, 0.25) is 0 Å². The summed E-state index contributed by atoms with van der Waals surface area (Å²) in [7, 11) is 0. The number of aromatic nitrogens is 2. The summed E-state index contributed by atoms with van der Waals surface area (Å²) in [6.07, 6.45) is 3.60. The third-order valence-electron chi connectivity index (χ3n) is 4.70. The molecule has 2 aromatic rings. The summed E-state index contributed by atoms with van der Waals surface area (Å²) in [5.41, 5.74) is 6.67. The summed E-state index contributed by atoms with van der Waals surface area (Å²) in [5, 5.41) is 7.01. The van der Waals surface area contributed by atoms with Gasteiger partial charge in [-0.15, -0.1) is 0 Å². The number of nitrogens with one attached hydrogen (secondary N) is 1. The number of aromatic amines is 1. The van der Waals surface area contributed by atoms with Gasteiger partial charge in [0.15, 0.2) is 0 Å². The number of H-pyrrole nitrogens is 1. The van der Waals surface area contributed by atoms with Gasteiger partial charge in [-0.3, -0.25) is 14.8 Å². The van der Waals surface area contributed by atoms with Gasteiger partial charge in [-0.05, 0) is 31.5 Å². The lowest BCUT2D eigenvalue weighted by atomic mass is 9.77. The molecule has 1 fully saturated rings. The number of ether oxygens (including phenoxy) is 1. The lowest BCUT2D eigenvalue weighted by Gasteiger charge is -2.40. The van der Waals surface area contributed by atoms with Gasteiger partial charge < -0.3 is 10.5 Å².